The summed E-state index contributed by atoms with van der Waals surface area (Å²) in [5.41, 5.74) is 3.01. The molecule has 0 saturated carbocycles. The Balaban J connectivity index is 2.01. The SMILES string of the molecule is CCC1C(=O)SCC1Cc1cscn1. The molecule has 0 spiro atoms. The summed E-state index contributed by atoms with van der Waals surface area (Å²) >= 11 is 3.13. The quantitative estimate of drug-likeness (QED) is 0.795. The average Bonchev–Trinajstić information content (AvgIpc) is 2.77. The highest BCUT2D eigenvalue weighted by Crippen LogP contribution is 2.35. The summed E-state index contributed by atoms with van der Waals surface area (Å²) in [6, 6.07) is 0. The maximum Gasteiger partial charge on any atom is 0.192 e. The first-order valence-corrected chi connectivity index (χ1v) is 6.77. The zero-order chi connectivity index (χ0) is 9.97. The van der Waals surface area contributed by atoms with Gasteiger partial charge in [0.2, 0.25) is 0 Å². The van der Waals surface area contributed by atoms with Gasteiger partial charge in [0, 0.05) is 17.1 Å². The van der Waals surface area contributed by atoms with Gasteiger partial charge in [0.25, 0.3) is 0 Å². The molecule has 2 heterocycles. The summed E-state index contributed by atoms with van der Waals surface area (Å²) in [4.78, 5) is 15.8. The number of hydrogen-bond donors (Lipinski definition) is 0. The van der Waals surface area contributed by atoms with E-state index in [1.165, 1.54) is 11.8 Å². The van der Waals surface area contributed by atoms with Crippen LogP contribution in [0.1, 0.15) is 19.0 Å². The number of thiazole rings is 1. The molecule has 1 aliphatic heterocycles. The van der Waals surface area contributed by atoms with E-state index >= 15 is 0 Å². The Morgan fingerprint density at radius 2 is 2.50 bits per heavy atom. The number of thioether (sulfide) groups is 1. The van der Waals surface area contributed by atoms with Crippen molar-refractivity contribution in [2.24, 2.45) is 11.8 Å². The lowest BCUT2D eigenvalue weighted by atomic mass is 9.89. The second-order valence-electron chi connectivity index (χ2n) is 3.59. The van der Waals surface area contributed by atoms with Crippen molar-refractivity contribution in [3.63, 3.8) is 0 Å². The fourth-order valence-corrected chi connectivity index (χ4v) is 3.79. The summed E-state index contributed by atoms with van der Waals surface area (Å²) in [7, 11) is 0. The van der Waals surface area contributed by atoms with Gasteiger partial charge in [-0.2, -0.15) is 0 Å². The van der Waals surface area contributed by atoms with Crippen LogP contribution in [0.5, 0.6) is 0 Å². The first kappa shape index (κ1) is 10.2. The zero-order valence-corrected chi connectivity index (χ0v) is 9.74. The highest BCUT2D eigenvalue weighted by molar-refractivity contribution is 8.14. The average molecular weight is 227 g/mol. The minimum absolute atomic E-state index is 0.265. The molecule has 2 nitrogen and oxygen atoms in total. The van der Waals surface area contributed by atoms with Gasteiger partial charge in [-0.1, -0.05) is 18.7 Å². The van der Waals surface area contributed by atoms with Crippen molar-refractivity contribution >= 4 is 28.2 Å². The molecule has 0 aliphatic carbocycles. The molecule has 2 unspecified atom stereocenters. The largest absolute Gasteiger partial charge is 0.287 e. The molecular weight excluding hydrogens is 214 g/mol. The van der Waals surface area contributed by atoms with E-state index in [2.05, 4.69) is 17.3 Å². The molecule has 4 heteroatoms. The van der Waals surface area contributed by atoms with Gasteiger partial charge in [0.15, 0.2) is 5.12 Å². The molecule has 0 N–H and O–H groups in total. The minimum atomic E-state index is 0.265. The van der Waals surface area contributed by atoms with E-state index < -0.39 is 0 Å². The summed E-state index contributed by atoms with van der Waals surface area (Å²) in [5, 5.41) is 2.47. The molecule has 1 aliphatic rings. The highest BCUT2D eigenvalue weighted by Gasteiger charge is 2.34. The van der Waals surface area contributed by atoms with Crippen molar-refractivity contribution in [1.29, 1.82) is 0 Å². The van der Waals surface area contributed by atoms with Crippen LogP contribution in [-0.2, 0) is 11.2 Å². The molecule has 1 saturated heterocycles. The lowest BCUT2D eigenvalue weighted by molar-refractivity contribution is -0.114. The molecule has 1 fully saturated rings. The number of nitrogens with zero attached hydrogens (tertiary/aromatic N) is 1. The van der Waals surface area contributed by atoms with E-state index in [1.807, 2.05) is 5.51 Å². The number of carbonyl (C=O) groups is 1. The standard InChI is InChI=1S/C10H13NOS2/c1-2-9-7(4-14-10(9)12)3-8-5-13-6-11-8/h5-7,9H,2-4H2,1H3. The lowest BCUT2D eigenvalue weighted by Gasteiger charge is -2.13. The van der Waals surface area contributed by atoms with Crippen LogP contribution in [0.25, 0.3) is 0 Å². The van der Waals surface area contributed by atoms with Gasteiger partial charge in [-0.15, -0.1) is 11.3 Å². The number of hydrogen-bond acceptors (Lipinski definition) is 4. The van der Waals surface area contributed by atoms with Crippen molar-refractivity contribution in [2.45, 2.75) is 19.8 Å². The maximum atomic E-state index is 11.5. The van der Waals surface area contributed by atoms with Gasteiger partial charge >= 0.3 is 0 Å². The third kappa shape index (κ3) is 2.01. The van der Waals surface area contributed by atoms with Crippen LogP contribution in [0, 0.1) is 11.8 Å². The van der Waals surface area contributed by atoms with Crippen LogP contribution in [-0.4, -0.2) is 15.9 Å². The molecule has 0 amide bonds. The Kier molecular flexibility index (Phi) is 3.23. The van der Waals surface area contributed by atoms with Gasteiger partial charge < -0.3 is 0 Å². The maximum absolute atomic E-state index is 11.5. The zero-order valence-electron chi connectivity index (χ0n) is 8.10. The molecule has 2 rings (SSSR count). The van der Waals surface area contributed by atoms with Crippen molar-refractivity contribution in [3.05, 3.63) is 16.6 Å². The molecule has 14 heavy (non-hydrogen) atoms. The topological polar surface area (TPSA) is 30.0 Å². The molecule has 76 valence electrons. The number of rotatable bonds is 3. The molecule has 1 aromatic rings. The van der Waals surface area contributed by atoms with Gasteiger partial charge in [-0.3, -0.25) is 4.79 Å². The Bertz CT molecular complexity index is 310. The predicted octanol–water partition coefficient (Wildman–Crippen LogP) is 2.60. The first-order chi connectivity index (χ1) is 6.81. The summed E-state index contributed by atoms with van der Waals surface area (Å²) in [6.45, 7) is 2.10. The van der Waals surface area contributed by atoms with Crippen molar-refractivity contribution < 1.29 is 4.79 Å². The third-order valence-electron chi connectivity index (χ3n) is 2.71. The van der Waals surface area contributed by atoms with Gasteiger partial charge in [-0.25, -0.2) is 4.98 Å². The Morgan fingerprint density at radius 1 is 1.64 bits per heavy atom. The molecule has 0 bridgehead atoms. The van der Waals surface area contributed by atoms with E-state index in [9.17, 15) is 4.79 Å². The highest BCUT2D eigenvalue weighted by atomic mass is 32.2. The predicted molar refractivity (Wildman–Crippen MR) is 60.6 cm³/mol. The van der Waals surface area contributed by atoms with Crippen LogP contribution in [0.2, 0.25) is 0 Å². The molecule has 2 atom stereocenters. The Hall–Kier alpha value is -0.350. The molecule has 0 radical (unpaired) electrons. The van der Waals surface area contributed by atoms with E-state index in [4.69, 9.17) is 0 Å². The van der Waals surface area contributed by atoms with E-state index in [1.54, 1.807) is 11.3 Å². The summed E-state index contributed by atoms with van der Waals surface area (Å²) in [5.74, 6) is 1.76. The second kappa shape index (κ2) is 4.45. The van der Waals surface area contributed by atoms with Gasteiger partial charge in [0.05, 0.1) is 11.2 Å². The Morgan fingerprint density at radius 3 is 3.14 bits per heavy atom. The first-order valence-electron chi connectivity index (χ1n) is 4.85. The van der Waals surface area contributed by atoms with Crippen LogP contribution < -0.4 is 0 Å². The van der Waals surface area contributed by atoms with Crippen LogP contribution in [0.4, 0.5) is 0 Å². The minimum Gasteiger partial charge on any atom is -0.287 e. The van der Waals surface area contributed by atoms with Crippen LogP contribution in [0.3, 0.4) is 0 Å². The van der Waals surface area contributed by atoms with Gasteiger partial charge in [-0.05, 0) is 18.8 Å². The van der Waals surface area contributed by atoms with Gasteiger partial charge in [0.1, 0.15) is 0 Å². The Labute approximate surface area is 92.1 Å². The van der Waals surface area contributed by atoms with Crippen LogP contribution in [0.15, 0.2) is 10.9 Å². The second-order valence-corrected chi connectivity index (χ2v) is 5.33. The fraction of sp³-hybridized carbons (Fsp3) is 0.600. The van der Waals surface area contributed by atoms with E-state index in [-0.39, 0.29) is 5.92 Å². The summed E-state index contributed by atoms with van der Waals surface area (Å²) < 4.78 is 0. The molecular formula is C10H13NOS2. The normalized spacial score (nSPS) is 27.1. The molecule has 0 aromatic carbocycles. The van der Waals surface area contributed by atoms with Crippen molar-refractivity contribution in [3.8, 4) is 0 Å². The molecule has 1 aromatic heterocycles. The smallest absolute Gasteiger partial charge is 0.192 e. The fourth-order valence-electron chi connectivity index (χ4n) is 1.91. The van der Waals surface area contributed by atoms with Crippen molar-refractivity contribution in [2.75, 3.05) is 5.75 Å². The summed E-state index contributed by atoms with van der Waals surface area (Å²) in [6.07, 6.45) is 1.95. The number of aromatic nitrogens is 1. The monoisotopic (exact) mass is 227 g/mol. The number of carbonyl (C=O) groups excluding carboxylic acids is 1. The van der Waals surface area contributed by atoms with E-state index in [0.717, 1.165) is 24.3 Å². The van der Waals surface area contributed by atoms with Crippen molar-refractivity contribution in [1.82, 2.24) is 4.98 Å². The lowest BCUT2D eigenvalue weighted by Crippen LogP contribution is -2.17. The van der Waals surface area contributed by atoms with E-state index in [0.29, 0.717) is 11.0 Å². The van der Waals surface area contributed by atoms with Crippen LogP contribution >= 0.6 is 23.1 Å². The third-order valence-corrected chi connectivity index (χ3v) is 4.52.